The van der Waals surface area contributed by atoms with Crippen molar-refractivity contribution in [3.05, 3.63) is 63.4 Å². The van der Waals surface area contributed by atoms with Gasteiger partial charge >= 0.3 is 19.4 Å². The Morgan fingerprint density at radius 1 is 1.26 bits per heavy atom. The van der Waals surface area contributed by atoms with Crippen molar-refractivity contribution in [2.45, 2.75) is 50.9 Å². The lowest BCUT2D eigenvalue weighted by Gasteiger charge is -2.29. The zero-order valence-corrected chi connectivity index (χ0v) is 20.2. The first-order chi connectivity index (χ1) is 16.4. The molecule has 0 saturated carbocycles. The fourth-order valence-corrected chi connectivity index (χ4v) is 4.66. The maximum atomic E-state index is 13.4. The van der Waals surface area contributed by atoms with E-state index in [1.54, 1.807) is 32.0 Å². The molecule has 14 heteroatoms. The molecule has 1 aromatic carbocycles. The van der Waals surface area contributed by atoms with Gasteiger partial charge in [-0.3, -0.25) is 23.7 Å². The summed E-state index contributed by atoms with van der Waals surface area (Å²) < 4.78 is 36.1. The number of nitrogens with zero attached hydrogens (tertiary/aromatic N) is 1. The molecule has 0 spiro atoms. The van der Waals surface area contributed by atoms with Gasteiger partial charge in [-0.2, -0.15) is 0 Å². The fraction of sp³-hybridized carbons (Fsp3) is 0.476. The molecule has 0 bridgehead atoms. The van der Waals surface area contributed by atoms with Gasteiger partial charge in [0.25, 0.3) is 5.56 Å². The number of carbonyl (C=O) groups excluding carboxylic acids is 1. The Kier molecular flexibility index (Phi) is 8.31. The van der Waals surface area contributed by atoms with E-state index in [0.717, 1.165) is 16.8 Å². The summed E-state index contributed by atoms with van der Waals surface area (Å²) in [6.45, 7) is 3.61. The molecule has 3 rings (SSSR count). The number of aromatic nitrogens is 2. The van der Waals surface area contributed by atoms with Crippen LogP contribution in [0.4, 0.5) is 0 Å². The van der Waals surface area contributed by atoms with Crippen LogP contribution in [0.5, 0.6) is 5.75 Å². The van der Waals surface area contributed by atoms with Crippen LogP contribution in [-0.4, -0.2) is 62.8 Å². The quantitative estimate of drug-likeness (QED) is 0.253. The highest BCUT2D eigenvalue weighted by Crippen LogP contribution is 2.47. The van der Waals surface area contributed by atoms with E-state index in [2.05, 4.69) is 5.09 Å². The van der Waals surface area contributed by atoms with Gasteiger partial charge in [-0.25, -0.2) is 14.4 Å². The third kappa shape index (κ3) is 6.66. The molecule has 1 aromatic heterocycles. The number of hydrogen-bond donors (Lipinski definition) is 4. The van der Waals surface area contributed by atoms with Gasteiger partial charge in [0.05, 0.1) is 12.7 Å². The highest BCUT2D eigenvalue weighted by molar-refractivity contribution is 7.52. The lowest BCUT2D eigenvalue weighted by Crippen LogP contribution is -2.44. The first kappa shape index (κ1) is 26.8. The van der Waals surface area contributed by atoms with Gasteiger partial charge in [-0.15, -0.1) is 0 Å². The molecule has 1 aliphatic rings. The first-order valence-electron chi connectivity index (χ1n) is 10.7. The highest BCUT2D eigenvalue weighted by Gasteiger charge is 2.53. The summed E-state index contributed by atoms with van der Waals surface area (Å²) in [5, 5.41) is 23.6. The van der Waals surface area contributed by atoms with Crippen molar-refractivity contribution in [1.29, 1.82) is 0 Å². The van der Waals surface area contributed by atoms with E-state index in [4.69, 9.17) is 18.5 Å². The molecule has 5 atom stereocenters. The predicted molar refractivity (Wildman–Crippen MR) is 122 cm³/mol. The minimum atomic E-state index is -4.23. The summed E-state index contributed by atoms with van der Waals surface area (Å²) in [6, 6.07) is 9.10. The lowest BCUT2D eigenvalue weighted by atomic mass is 9.99. The van der Waals surface area contributed by atoms with Crippen LogP contribution in [0.1, 0.15) is 27.0 Å². The summed E-state index contributed by atoms with van der Waals surface area (Å²) in [4.78, 5) is 37.4. The zero-order valence-electron chi connectivity index (χ0n) is 19.3. The first-order valence-corrected chi connectivity index (χ1v) is 12.3. The minimum absolute atomic E-state index is 0.177. The lowest BCUT2D eigenvalue weighted by molar-refractivity contribution is -0.146. The molecule has 0 aliphatic carbocycles. The summed E-state index contributed by atoms with van der Waals surface area (Å²) in [7, 11) is -4.23. The van der Waals surface area contributed by atoms with Gasteiger partial charge in [0.1, 0.15) is 30.1 Å². The Labute approximate surface area is 200 Å². The number of ether oxygens (including phenoxy) is 2. The van der Waals surface area contributed by atoms with Crippen LogP contribution >= 0.6 is 7.75 Å². The van der Waals surface area contributed by atoms with Gasteiger partial charge in [0.2, 0.25) is 0 Å². The third-order valence-corrected chi connectivity index (χ3v) is 6.50. The number of aliphatic hydroxyl groups is 2. The molecular formula is C21H28N3O10P. The average Bonchev–Trinajstić information content (AvgIpc) is 3.01. The highest BCUT2D eigenvalue weighted by atomic mass is 31.2. The summed E-state index contributed by atoms with van der Waals surface area (Å²) >= 11 is 0. The Morgan fingerprint density at radius 2 is 1.94 bits per heavy atom. The maximum absolute atomic E-state index is 13.4. The molecule has 13 nitrogen and oxygen atoms in total. The van der Waals surface area contributed by atoms with Crippen LogP contribution in [0.15, 0.2) is 52.2 Å². The predicted octanol–water partition coefficient (Wildman–Crippen LogP) is 0.291. The van der Waals surface area contributed by atoms with E-state index in [1.165, 1.54) is 19.1 Å². The van der Waals surface area contributed by atoms with Crippen LogP contribution in [0, 0.1) is 0 Å². The largest absolute Gasteiger partial charge is 0.462 e. The standard InChI is InChI=1S/C21H28N3O10P/c1-13(2)32-16(26)11-22-35(30,34-14-7-5-4-6-8-14)31-12-21(3)18(28)17(27)19(33-21)24-10-9-15(25)23-20(24)29/h4-10,13,17-19,27-28H,11-12H2,1-3H3,(H,22,30)(H,23,25,29)/t17-,18+,19-,21-,35?/m1/s1. The van der Waals surface area contributed by atoms with E-state index >= 15 is 0 Å². The average molecular weight is 513 g/mol. The Bertz CT molecular complexity index is 1180. The third-order valence-electron chi connectivity index (χ3n) is 5.03. The summed E-state index contributed by atoms with van der Waals surface area (Å²) in [5.74, 6) is -0.520. The van der Waals surface area contributed by atoms with Crippen LogP contribution in [-0.2, 0) is 23.4 Å². The molecule has 2 heterocycles. The van der Waals surface area contributed by atoms with Crippen molar-refractivity contribution in [1.82, 2.24) is 14.6 Å². The molecule has 1 fully saturated rings. The molecule has 0 radical (unpaired) electrons. The number of hydrogen-bond acceptors (Lipinski definition) is 10. The molecule has 1 unspecified atom stereocenters. The number of benzene rings is 1. The van der Waals surface area contributed by atoms with Crippen molar-refractivity contribution in [2.75, 3.05) is 13.2 Å². The molecule has 1 saturated heterocycles. The van der Waals surface area contributed by atoms with E-state index < -0.39 is 68.3 Å². The zero-order chi connectivity index (χ0) is 25.8. The van der Waals surface area contributed by atoms with E-state index in [9.17, 15) is 29.2 Å². The van der Waals surface area contributed by atoms with Crippen molar-refractivity contribution >= 4 is 13.7 Å². The Morgan fingerprint density at radius 3 is 2.57 bits per heavy atom. The van der Waals surface area contributed by atoms with E-state index in [-0.39, 0.29) is 5.75 Å². The van der Waals surface area contributed by atoms with Crippen molar-refractivity contribution in [3.63, 3.8) is 0 Å². The van der Waals surface area contributed by atoms with Crippen molar-refractivity contribution < 1.29 is 38.1 Å². The summed E-state index contributed by atoms with van der Waals surface area (Å²) in [6.07, 6.45) is -3.82. The molecule has 4 N–H and O–H groups in total. The van der Waals surface area contributed by atoms with Crippen LogP contribution < -0.4 is 20.9 Å². The van der Waals surface area contributed by atoms with Crippen molar-refractivity contribution in [3.8, 4) is 5.75 Å². The second-order valence-corrected chi connectivity index (χ2v) is 10.1. The minimum Gasteiger partial charge on any atom is -0.462 e. The van der Waals surface area contributed by atoms with E-state index in [1.807, 2.05) is 4.98 Å². The molecule has 35 heavy (non-hydrogen) atoms. The molecular weight excluding hydrogens is 485 g/mol. The fourth-order valence-electron chi connectivity index (χ4n) is 3.30. The van der Waals surface area contributed by atoms with Gasteiger partial charge < -0.3 is 24.2 Å². The second-order valence-electron chi connectivity index (χ2n) is 8.32. The molecule has 1 aliphatic heterocycles. The SMILES string of the molecule is CC(C)OC(=O)CNP(=O)(OC[C@@]1(C)O[C@@H](n2ccc(=O)[nH]c2=O)[C@H](O)[C@@H]1O)Oc1ccccc1. The summed E-state index contributed by atoms with van der Waals surface area (Å²) in [5.41, 5.74) is -3.16. The number of para-hydroxylation sites is 1. The smallest absolute Gasteiger partial charge is 0.459 e. The van der Waals surface area contributed by atoms with Gasteiger partial charge in [0.15, 0.2) is 6.23 Å². The van der Waals surface area contributed by atoms with E-state index in [0.29, 0.717) is 0 Å². The van der Waals surface area contributed by atoms with Crippen LogP contribution in [0.2, 0.25) is 0 Å². The number of esters is 1. The normalized spacial score (nSPS) is 25.8. The number of nitrogens with one attached hydrogen (secondary N) is 2. The van der Waals surface area contributed by atoms with Gasteiger partial charge in [0, 0.05) is 12.3 Å². The van der Waals surface area contributed by atoms with Crippen LogP contribution in [0.25, 0.3) is 0 Å². The monoisotopic (exact) mass is 513 g/mol. The van der Waals surface area contributed by atoms with Gasteiger partial charge in [-0.1, -0.05) is 18.2 Å². The second kappa shape index (κ2) is 10.9. The molecule has 0 amide bonds. The molecule has 192 valence electrons. The van der Waals surface area contributed by atoms with Crippen LogP contribution in [0.3, 0.4) is 0 Å². The topological polar surface area (TPSA) is 178 Å². The van der Waals surface area contributed by atoms with Crippen molar-refractivity contribution in [2.24, 2.45) is 0 Å². The number of aliphatic hydroxyl groups excluding tert-OH is 2. The van der Waals surface area contributed by atoms with Gasteiger partial charge in [-0.05, 0) is 32.9 Å². The number of H-pyrrole nitrogens is 1. The molecule has 2 aromatic rings. The number of aromatic amines is 1. The number of carbonyl (C=O) groups is 1. The Balaban J connectivity index is 1.78. The Hall–Kier alpha value is -2.80. The number of rotatable bonds is 10. The maximum Gasteiger partial charge on any atom is 0.459 e.